The number of hydrogen-bond acceptors (Lipinski definition) is 4. The number of sulfonamides is 2. The Hall–Kier alpha value is -1.12. The Labute approximate surface area is 132 Å². The Bertz CT molecular complexity index is 717. The number of nitrogens with one attached hydrogen (secondary N) is 1. The van der Waals surface area contributed by atoms with Crippen LogP contribution in [0.3, 0.4) is 0 Å². The lowest BCUT2D eigenvalue weighted by atomic mass is 9.94. The van der Waals surface area contributed by atoms with Crippen molar-refractivity contribution in [3.05, 3.63) is 24.3 Å². The van der Waals surface area contributed by atoms with Crippen molar-refractivity contribution in [2.45, 2.75) is 25.2 Å². The van der Waals surface area contributed by atoms with Gasteiger partial charge < -0.3 is 0 Å². The molecule has 2 rings (SSSR count). The number of nitrogens with zero attached hydrogens (tertiary/aromatic N) is 1. The van der Waals surface area contributed by atoms with Gasteiger partial charge in [0.2, 0.25) is 20.0 Å². The van der Waals surface area contributed by atoms with Crippen molar-refractivity contribution in [3.63, 3.8) is 0 Å². The maximum Gasteiger partial charge on any atom is 0.243 e. The Morgan fingerprint density at radius 1 is 1.00 bits per heavy atom. The van der Waals surface area contributed by atoms with Crippen LogP contribution < -0.4 is 4.72 Å². The fourth-order valence-corrected chi connectivity index (χ4v) is 5.10. The zero-order valence-corrected chi connectivity index (χ0v) is 14.6. The fraction of sp³-hybridized carbons (Fsp3) is 0.571. The van der Waals surface area contributed by atoms with Crippen molar-refractivity contribution < 1.29 is 16.8 Å². The summed E-state index contributed by atoms with van der Waals surface area (Å²) in [6.07, 6.45) is 2.08. The summed E-state index contributed by atoms with van der Waals surface area (Å²) in [7, 11) is -6.90. The number of hydrogen-bond donors (Lipinski definition) is 1. The summed E-state index contributed by atoms with van der Waals surface area (Å²) < 4.78 is 51.5. The van der Waals surface area contributed by atoms with Gasteiger partial charge in [-0.3, -0.25) is 4.72 Å². The average Bonchev–Trinajstić information content (AvgIpc) is 2.36. The van der Waals surface area contributed by atoms with E-state index in [0.29, 0.717) is 30.6 Å². The minimum absolute atomic E-state index is 0.188. The molecule has 1 aromatic carbocycles. The molecule has 1 fully saturated rings. The van der Waals surface area contributed by atoms with Crippen molar-refractivity contribution in [2.75, 3.05) is 24.1 Å². The van der Waals surface area contributed by atoms with Crippen LogP contribution >= 0.6 is 0 Å². The van der Waals surface area contributed by atoms with Gasteiger partial charge in [0.05, 0.1) is 11.2 Å². The first kappa shape index (κ1) is 17.2. The van der Waals surface area contributed by atoms with Gasteiger partial charge in [-0.25, -0.2) is 16.8 Å². The third kappa shape index (κ3) is 4.21. The average molecular weight is 346 g/mol. The lowest BCUT2D eigenvalue weighted by Crippen LogP contribution is -2.42. The minimum atomic E-state index is -3.53. The first-order valence-electron chi connectivity index (χ1n) is 7.16. The second-order valence-electron chi connectivity index (χ2n) is 6.17. The van der Waals surface area contributed by atoms with Crippen LogP contribution in [0.1, 0.15) is 20.3 Å². The van der Waals surface area contributed by atoms with Gasteiger partial charge in [0.15, 0.2) is 0 Å². The third-order valence-electron chi connectivity index (χ3n) is 3.63. The number of rotatable bonds is 4. The molecular weight excluding hydrogens is 324 g/mol. The monoisotopic (exact) mass is 346 g/mol. The Morgan fingerprint density at radius 3 is 1.95 bits per heavy atom. The van der Waals surface area contributed by atoms with Crippen molar-refractivity contribution in [1.82, 2.24) is 4.31 Å². The van der Waals surface area contributed by atoms with Gasteiger partial charge in [-0.1, -0.05) is 13.8 Å². The molecule has 1 aliphatic heterocycles. The predicted octanol–water partition coefficient (Wildman–Crippen LogP) is 1.72. The molecule has 0 aromatic heterocycles. The first-order valence-corrected chi connectivity index (χ1v) is 10.5. The molecule has 124 valence electrons. The molecule has 1 saturated heterocycles. The Kier molecular flexibility index (Phi) is 4.84. The van der Waals surface area contributed by atoms with Gasteiger partial charge in [0, 0.05) is 18.8 Å². The van der Waals surface area contributed by atoms with Gasteiger partial charge in [0.1, 0.15) is 0 Å². The maximum atomic E-state index is 12.7. The topological polar surface area (TPSA) is 83.6 Å². The highest BCUT2D eigenvalue weighted by Gasteiger charge is 2.31. The van der Waals surface area contributed by atoms with Gasteiger partial charge in [-0.05, 0) is 42.5 Å². The van der Waals surface area contributed by atoms with Crippen LogP contribution in [0.5, 0.6) is 0 Å². The number of benzene rings is 1. The lowest BCUT2D eigenvalue weighted by molar-refractivity contribution is 0.222. The van der Waals surface area contributed by atoms with Crippen LogP contribution in [-0.2, 0) is 20.0 Å². The molecule has 6 nitrogen and oxygen atoms in total. The number of piperidine rings is 1. The van der Waals surface area contributed by atoms with E-state index >= 15 is 0 Å². The highest BCUT2D eigenvalue weighted by Crippen LogP contribution is 2.27. The molecule has 2 unspecified atom stereocenters. The van der Waals surface area contributed by atoms with E-state index in [4.69, 9.17) is 0 Å². The molecule has 0 amide bonds. The summed E-state index contributed by atoms with van der Waals surface area (Å²) in [4.78, 5) is 0.188. The normalized spacial score (nSPS) is 24.1. The van der Waals surface area contributed by atoms with Gasteiger partial charge >= 0.3 is 0 Å². The molecule has 0 aliphatic carbocycles. The molecule has 0 bridgehead atoms. The van der Waals surface area contributed by atoms with E-state index in [1.165, 1.54) is 28.6 Å². The van der Waals surface area contributed by atoms with Crippen LogP contribution in [-0.4, -0.2) is 40.5 Å². The van der Waals surface area contributed by atoms with Crippen LogP contribution in [0.4, 0.5) is 5.69 Å². The van der Waals surface area contributed by atoms with Crippen LogP contribution in [0, 0.1) is 11.8 Å². The minimum Gasteiger partial charge on any atom is -0.284 e. The molecule has 1 N–H and O–H groups in total. The van der Waals surface area contributed by atoms with Crippen molar-refractivity contribution in [1.29, 1.82) is 0 Å². The smallest absolute Gasteiger partial charge is 0.243 e. The van der Waals surface area contributed by atoms with Gasteiger partial charge in [-0.2, -0.15) is 4.31 Å². The molecule has 0 spiro atoms. The second kappa shape index (κ2) is 6.17. The third-order valence-corrected chi connectivity index (χ3v) is 6.08. The summed E-state index contributed by atoms with van der Waals surface area (Å²) in [6.45, 7) is 5.15. The highest BCUT2D eigenvalue weighted by atomic mass is 32.2. The summed E-state index contributed by atoms with van der Waals surface area (Å²) in [6, 6.07) is 5.80. The standard InChI is InChI=1S/C14H22N2O4S2/c1-11-8-12(2)10-16(9-11)22(19,20)14-6-4-13(5-7-14)15-21(3,17)18/h4-7,11-12,15H,8-10H2,1-3H3. The zero-order chi connectivity index (χ0) is 16.5. The van der Waals surface area contributed by atoms with Crippen molar-refractivity contribution in [3.8, 4) is 0 Å². The second-order valence-corrected chi connectivity index (χ2v) is 9.85. The molecule has 1 heterocycles. The van der Waals surface area contributed by atoms with Crippen LogP contribution in [0.25, 0.3) is 0 Å². The van der Waals surface area contributed by atoms with Crippen molar-refractivity contribution in [2.24, 2.45) is 11.8 Å². The van der Waals surface area contributed by atoms with E-state index in [9.17, 15) is 16.8 Å². The maximum absolute atomic E-state index is 12.7. The highest BCUT2D eigenvalue weighted by molar-refractivity contribution is 7.92. The Morgan fingerprint density at radius 2 is 1.50 bits per heavy atom. The van der Waals surface area contributed by atoms with E-state index < -0.39 is 20.0 Å². The molecule has 0 radical (unpaired) electrons. The summed E-state index contributed by atoms with van der Waals surface area (Å²) >= 11 is 0. The van der Waals surface area contributed by atoms with Crippen LogP contribution in [0.15, 0.2) is 29.2 Å². The van der Waals surface area contributed by atoms with Gasteiger partial charge in [0.25, 0.3) is 0 Å². The molecule has 22 heavy (non-hydrogen) atoms. The zero-order valence-electron chi connectivity index (χ0n) is 13.0. The molecule has 2 atom stereocenters. The SMILES string of the molecule is CC1CC(C)CN(S(=O)(=O)c2ccc(NS(C)(=O)=O)cc2)C1. The molecular formula is C14H22N2O4S2. The molecule has 1 aromatic rings. The van der Waals surface area contributed by atoms with E-state index in [2.05, 4.69) is 18.6 Å². The summed E-state index contributed by atoms with van der Waals surface area (Å²) in [5, 5.41) is 0. The van der Waals surface area contributed by atoms with Crippen molar-refractivity contribution >= 4 is 25.7 Å². The molecule has 8 heteroatoms. The van der Waals surface area contributed by atoms with Gasteiger partial charge in [-0.15, -0.1) is 0 Å². The first-order chi connectivity index (χ1) is 10.1. The summed E-state index contributed by atoms with van der Waals surface area (Å²) in [5.74, 6) is 0.675. The summed E-state index contributed by atoms with van der Waals surface area (Å²) in [5.41, 5.74) is 0.349. The number of anilines is 1. The largest absolute Gasteiger partial charge is 0.284 e. The fourth-order valence-electron chi connectivity index (χ4n) is 2.86. The van der Waals surface area contributed by atoms with Crippen LogP contribution in [0.2, 0.25) is 0 Å². The van der Waals surface area contributed by atoms with E-state index in [0.717, 1.165) is 12.7 Å². The van der Waals surface area contributed by atoms with E-state index in [1.807, 2.05) is 0 Å². The quantitative estimate of drug-likeness (QED) is 0.900. The lowest BCUT2D eigenvalue weighted by Gasteiger charge is -2.34. The van der Waals surface area contributed by atoms with E-state index in [1.54, 1.807) is 0 Å². The predicted molar refractivity (Wildman–Crippen MR) is 86.6 cm³/mol. The van der Waals surface area contributed by atoms with E-state index in [-0.39, 0.29) is 4.90 Å². The molecule has 1 aliphatic rings. The Balaban J connectivity index is 2.22. The molecule has 0 saturated carbocycles.